The van der Waals surface area contributed by atoms with Crippen LogP contribution in [0.3, 0.4) is 0 Å². The number of amides is 1. The quantitative estimate of drug-likeness (QED) is 0.350. The number of carbonyl (C=O) groups excluding carboxylic acids is 1. The summed E-state index contributed by atoms with van der Waals surface area (Å²) < 4.78 is 6.98. The van der Waals surface area contributed by atoms with Crippen molar-refractivity contribution in [2.45, 2.75) is 13.5 Å². The molecular weight excluding hydrogens is 448 g/mol. The lowest BCUT2D eigenvalue weighted by molar-refractivity contribution is 0.0957. The molecule has 0 saturated carbocycles. The number of hydrogen-bond acceptors (Lipinski definition) is 4. The van der Waals surface area contributed by atoms with Crippen LogP contribution in [0, 0.1) is 6.92 Å². The summed E-state index contributed by atoms with van der Waals surface area (Å²) in [5.41, 5.74) is 2.73. The van der Waals surface area contributed by atoms with E-state index >= 15 is 0 Å². The fraction of sp³-hybridized carbons (Fsp3) is 0.100. The van der Waals surface area contributed by atoms with Crippen LogP contribution < -0.4 is 4.90 Å². The molecule has 7 heteroatoms. The van der Waals surface area contributed by atoms with E-state index in [1.807, 2.05) is 49.4 Å². The van der Waals surface area contributed by atoms with E-state index in [0.717, 1.165) is 21.3 Å². The van der Waals surface area contributed by atoms with E-state index in [-0.39, 0.29) is 11.7 Å². The summed E-state index contributed by atoms with van der Waals surface area (Å²) in [6.45, 7) is 2.33. The van der Waals surface area contributed by atoms with Gasteiger partial charge in [-0.15, -0.1) is 0 Å². The SMILES string of the molecule is Cc1c(Cl)ccc2sc(N(Cc3ccccc3)C(=O)c3ccc(Br)o3)nc12. The van der Waals surface area contributed by atoms with Gasteiger partial charge in [0.15, 0.2) is 15.6 Å². The zero-order valence-electron chi connectivity index (χ0n) is 14.3. The average molecular weight is 462 g/mol. The molecule has 136 valence electrons. The number of thiazole rings is 1. The summed E-state index contributed by atoms with van der Waals surface area (Å²) in [7, 11) is 0. The van der Waals surface area contributed by atoms with Gasteiger partial charge in [-0.1, -0.05) is 53.3 Å². The molecule has 0 aliphatic rings. The lowest BCUT2D eigenvalue weighted by Crippen LogP contribution is -2.30. The number of aromatic nitrogens is 1. The van der Waals surface area contributed by atoms with E-state index in [0.29, 0.717) is 21.4 Å². The molecule has 0 atom stereocenters. The maximum Gasteiger partial charge on any atom is 0.296 e. The number of hydrogen-bond donors (Lipinski definition) is 0. The van der Waals surface area contributed by atoms with Crippen LogP contribution in [0.2, 0.25) is 5.02 Å². The summed E-state index contributed by atoms with van der Waals surface area (Å²) >= 11 is 10.9. The minimum atomic E-state index is -0.243. The summed E-state index contributed by atoms with van der Waals surface area (Å²) in [4.78, 5) is 19.5. The van der Waals surface area contributed by atoms with Crippen LogP contribution in [-0.4, -0.2) is 10.9 Å². The van der Waals surface area contributed by atoms with E-state index in [4.69, 9.17) is 21.0 Å². The van der Waals surface area contributed by atoms with Gasteiger partial charge in [-0.05, 0) is 58.2 Å². The van der Waals surface area contributed by atoms with Crippen molar-refractivity contribution in [2.24, 2.45) is 0 Å². The second-order valence-corrected chi connectivity index (χ2v) is 8.19. The normalized spacial score (nSPS) is 11.1. The first kappa shape index (κ1) is 18.2. The summed E-state index contributed by atoms with van der Waals surface area (Å²) in [6.07, 6.45) is 0. The highest BCUT2D eigenvalue weighted by Gasteiger charge is 2.24. The zero-order chi connectivity index (χ0) is 19.0. The van der Waals surface area contributed by atoms with E-state index in [9.17, 15) is 4.79 Å². The molecule has 2 aromatic heterocycles. The molecule has 0 unspecified atom stereocenters. The van der Waals surface area contributed by atoms with Crippen LogP contribution in [0.1, 0.15) is 21.7 Å². The maximum atomic E-state index is 13.1. The molecule has 2 aromatic carbocycles. The number of fused-ring (bicyclic) bond motifs is 1. The van der Waals surface area contributed by atoms with Crippen molar-refractivity contribution in [2.75, 3.05) is 4.90 Å². The highest BCUT2D eigenvalue weighted by Crippen LogP contribution is 2.35. The standard InChI is InChI=1S/C20H14BrClN2O2S/c1-12-14(22)7-9-16-18(12)23-20(27-16)24(11-13-5-3-2-4-6-13)19(25)15-8-10-17(21)26-15/h2-10H,11H2,1H3. The number of anilines is 1. The van der Waals surface area contributed by atoms with Gasteiger partial charge in [-0.2, -0.15) is 0 Å². The largest absolute Gasteiger partial charge is 0.444 e. The van der Waals surface area contributed by atoms with E-state index in [1.165, 1.54) is 11.3 Å². The molecule has 0 spiro atoms. The minimum Gasteiger partial charge on any atom is -0.444 e. The fourth-order valence-corrected chi connectivity index (χ4v) is 4.24. The van der Waals surface area contributed by atoms with Crippen molar-refractivity contribution in [1.29, 1.82) is 0 Å². The third-order valence-electron chi connectivity index (χ3n) is 4.18. The lowest BCUT2D eigenvalue weighted by Gasteiger charge is -2.18. The molecule has 4 rings (SSSR count). The molecule has 0 fully saturated rings. The Balaban J connectivity index is 1.79. The van der Waals surface area contributed by atoms with Gasteiger partial charge in [0.05, 0.1) is 16.8 Å². The molecule has 27 heavy (non-hydrogen) atoms. The number of aryl methyl sites for hydroxylation is 1. The molecule has 2 heterocycles. The number of rotatable bonds is 4. The van der Waals surface area contributed by atoms with Gasteiger partial charge in [0.25, 0.3) is 5.91 Å². The van der Waals surface area contributed by atoms with Crippen LogP contribution in [0.5, 0.6) is 0 Å². The van der Waals surface area contributed by atoms with Crippen molar-refractivity contribution in [3.63, 3.8) is 0 Å². The van der Waals surface area contributed by atoms with Crippen LogP contribution in [-0.2, 0) is 6.54 Å². The van der Waals surface area contributed by atoms with Crippen LogP contribution >= 0.6 is 38.9 Å². The topological polar surface area (TPSA) is 46.3 Å². The highest BCUT2D eigenvalue weighted by molar-refractivity contribution is 9.10. The molecule has 4 aromatic rings. The zero-order valence-corrected chi connectivity index (χ0v) is 17.4. The number of benzene rings is 2. The predicted molar refractivity (Wildman–Crippen MR) is 113 cm³/mol. The van der Waals surface area contributed by atoms with E-state index in [2.05, 4.69) is 15.9 Å². The lowest BCUT2D eigenvalue weighted by atomic mass is 10.2. The van der Waals surface area contributed by atoms with Gasteiger partial charge in [-0.3, -0.25) is 9.69 Å². The summed E-state index contributed by atoms with van der Waals surface area (Å²) in [5, 5.41) is 1.27. The van der Waals surface area contributed by atoms with Gasteiger partial charge >= 0.3 is 0 Å². The van der Waals surface area contributed by atoms with Gasteiger partial charge in [-0.25, -0.2) is 4.98 Å². The van der Waals surface area contributed by atoms with Crippen molar-refractivity contribution >= 4 is 60.1 Å². The molecule has 0 radical (unpaired) electrons. The predicted octanol–water partition coefficient (Wildman–Crippen LogP) is 6.46. The maximum absolute atomic E-state index is 13.1. The van der Waals surface area contributed by atoms with E-state index in [1.54, 1.807) is 17.0 Å². The highest BCUT2D eigenvalue weighted by atomic mass is 79.9. The number of halogens is 2. The van der Waals surface area contributed by atoms with E-state index < -0.39 is 0 Å². The van der Waals surface area contributed by atoms with Crippen LogP contribution in [0.15, 0.2) is 63.7 Å². The van der Waals surface area contributed by atoms with Crippen molar-refractivity contribution < 1.29 is 9.21 Å². The van der Waals surface area contributed by atoms with Gasteiger partial charge in [0, 0.05) is 5.02 Å². The summed E-state index contributed by atoms with van der Waals surface area (Å²) in [6, 6.07) is 16.9. The summed E-state index contributed by atoms with van der Waals surface area (Å²) in [5.74, 6) is 0.0131. The Morgan fingerprint density at radius 2 is 1.96 bits per heavy atom. The second kappa shape index (κ2) is 7.46. The van der Waals surface area contributed by atoms with Gasteiger partial charge in [0.2, 0.25) is 0 Å². The number of furan rings is 1. The van der Waals surface area contributed by atoms with Gasteiger partial charge in [0.1, 0.15) is 0 Å². The first-order valence-electron chi connectivity index (χ1n) is 8.19. The third-order valence-corrected chi connectivity index (χ3v) is 6.06. The van der Waals surface area contributed by atoms with Gasteiger partial charge < -0.3 is 4.42 Å². The molecule has 0 aliphatic heterocycles. The molecule has 0 N–H and O–H groups in total. The molecule has 0 aliphatic carbocycles. The Morgan fingerprint density at radius 1 is 1.19 bits per heavy atom. The average Bonchev–Trinajstić information content (AvgIpc) is 3.30. The molecule has 4 nitrogen and oxygen atoms in total. The first-order valence-corrected chi connectivity index (χ1v) is 10.2. The molecule has 0 saturated heterocycles. The number of carbonyl (C=O) groups is 1. The third kappa shape index (κ3) is 3.65. The van der Waals surface area contributed by atoms with Crippen molar-refractivity contribution in [3.8, 4) is 0 Å². The Morgan fingerprint density at radius 3 is 2.67 bits per heavy atom. The smallest absolute Gasteiger partial charge is 0.296 e. The Bertz CT molecular complexity index is 1120. The van der Waals surface area contributed by atoms with Crippen molar-refractivity contribution in [3.05, 3.63) is 81.2 Å². The Hall–Kier alpha value is -2.15. The van der Waals surface area contributed by atoms with Crippen LogP contribution in [0.4, 0.5) is 5.13 Å². The van der Waals surface area contributed by atoms with Crippen molar-refractivity contribution in [1.82, 2.24) is 4.98 Å². The molecular formula is C20H14BrClN2O2S. The monoisotopic (exact) mass is 460 g/mol. The second-order valence-electron chi connectivity index (χ2n) is 6.00. The minimum absolute atomic E-state index is 0.243. The fourth-order valence-electron chi connectivity index (χ4n) is 2.76. The molecule has 1 amide bonds. The first-order chi connectivity index (χ1) is 13.0. The number of nitrogens with zero attached hydrogens (tertiary/aromatic N) is 2. The Kier molecular flexibility index (Phi) is 5.04. The molecule has 0 bridgehead atoms. The Labute approximate surface area is 173 Å². The van der Waals surface area contributed by atoms with Crippen LogP contribution in [0.25, 0.3) is 10.2 Å².